The first-order valence-corrected chi connectivity index (χ1v) is 8.80. The summed E-state index contributed by atoms with van der Waals surface area (Å²) in [4.78, 5) is 3.88. The fraction of sp³-hybridized carbons (Fsp3) is 0.353. The summed E-state index contributed by atoms with van der Waals surface area (Å²) in [6.07, 6.45) is 3.62. The average molecular weight is 314 g/mol. The van der Waals surface area contributed by atoms with Gasteiger partial charge in [0.2, 0.25) is 0 Å². The van der Waals surface area contributed by atoms with Crippen LogP contribution in [0.5, 0.6) is 0 Å². The molecule has 2 aliphatic rings. The Labute approximate surface area is 134 Å². The maximum Gasteiger partial charge on any atom is 0.169 e. The summed E-state index contributed by atoms with van der Waals surface area (Å²) >= 11 is 7.56. The van der Waals surface area contributed by atoms with Crippen LogP contribution in [0.4, 0.5) is 0 Å². The fourth-order valence-electron chi connectivity index (χ4n) is 3.02. The van der Waals surface area contributed by atoms with Gasteiger partial charge in [-0.05, 0) is 54.1 Å². The van der Waals surface area contributed by atoms with Gasteiger partial charge in [-0.25, -0.2) is 0 Å². The minimum atomic E-state index is 0.264. The Bertz CT molecular complexity index is 646. The molecule has 1 aliphatic heterocycles. The molecule has 0 spiro atoms. The highest BCUT2D eigenvalue weighted by Gasteiger charge is 2.33. The predicted octanol–water partition coefficient (Wildman–Crippen LogP) is 3.73. The van der Waals surface area contributed by atoms with Crippen molar-refractivity contribution in [3.8, 4) is 0 Å². The molecule has 1 aromatic carbocycles. The molecule has 0 saturated heterocycles. The summed E-state index contributed by atoms with van der Waals surface area (Å²) in [5.41, 5.74) is 2.76. The third kappa shape index (κ3) is 2.58. The summed E-state index contributed by atoms with van der Waals surface area (Å²) in [5, 5.41) is 6.64. The second kappa shape index (κ2) is 5.43. The molecule has 1 aromatic heterocycles. The molecule has 4 rings (SSSR count). The molecule has 2 nitrogen and oxygen atoms in total. The lowest BCUT2D eigenvalue weighted by Crippen LogP contribution is -2.46. The first-order valence-electron chi connectivity index (χ1n) is 7.51. The highest BCUT2D eigenvalue weighted by molar-refractivity contribution is 7.80. The van der Waals surface area contributed by atoms with Crippen molar-refractivity contribution in [1.29, 1.82) is 0 Å². The third-order valence-corrected chi connectivity index (χ3v) is 5.60. The molecule has 1 fully saturated rings. The van der Waals surface area contributed by atoms with Crippen molar-refractivity contribution in [1.82, 2.24) is 10.2 Å². The topological polar surface area (TPSA) is 15.3 Å². The normalized spacial score (nSPS) is 21.0. The van der Waals surface area contributed by atoms with Crippen LogP contribution in [0.15, 0.2) is 41.8 Å². The molecule has 1 saturated carbocycles. The lowest BCUT2D eigenvalue weighted by atomic mass is 9.94. The fourth-order valence-corrected chi connectivity index (χ4v) is 4.28. The molecule has 4 heteroatoms. The van der Waals surface area contributed by atoms with Crippen molar-refractivity contribution in [2.45, 2.75) is 31.3 Å². The van der Waals surface area contributed by atoms with Gasteiger partial charge in [0.15, 0.2) is 5.11 Å². The van der Waals surface area contributed by atoms with E-state index < -0.39 is 0 Å². The maximum atomic E-state index is 5.69. The van der Waals surface area contributed by atoms with Gasteiger partial charge in [0.05, 0.1) is 6.04 Å². The molecule has 0 radical (unpaired) electrons. The van der Waals surface area contributed by atoms with Crippen LogP contribution in [0.1, 0.15) is 34.9 Å². The summed E-state index contributed by atoms with van der Waals surface area (Å²) < 4.78 is 0. The van der Waals surface area contributed by atoms with E-state index in [0.29, 0.717) is 6.04 Å². The van der Waals surface area contributed by atoms with Gasteiger partial charge in [-0.3, -0.25) is 0 Å². The van der Waals surface area contributed by atoms with Crippen molar-refractivity contribution >= 4 is 28.7 Å². The van der Waals surface area contributed by atoms with Crippen LogP contribution in [-0.2, 0) is 6.42 Å². The molecule has 2 aromatic rings. The Balaban J connectivity index is 1.70. The molecule has 2 heterocycles. The summed E-state index contributed by atoms with van der Waals surface area (Å²) in [5.74, 6) is 0. The lowest BCUT2D eigenvalue weighted by molar-refractivity contribution is 0.336. The van der Waals surface area contributed by atoms with Crippen LogP contribution in [0.25, 0.3) is 0 Å². The average Bonchev–Trinajstić information content (AvgIpc) is 3.20. The summed E-state index contributed by atoms with van der Waals surface area (Å²) in [6, 6.07) is 13.9. The van der Waals surface area contributed by atoms with E-state index in [-0.39, 0.29) is 6.04 Å². The lowest BCUT2D eigenvalue weighted by Gasteiger charge is -2.38. The number of nitrogens with one attached hydrogen (secondary N) is 1. The van der Waals surface area contributed by atoms with Gasteiger partial charge in [-0.15, -0.1) is 11.3 Å². The van der Waals surface area contributed by atoms with Gasteiger partial charge in [0, 0.05) is 17.5 Å². The van der Waals surface area contributed by atoms with Crippen LogP contribution < -0.4 is 5.32 Å². The van der Waals surface area contributed by atoms with Crippen molar-refractivity contribution in [3.63, 3.8) is 0 Å². The molecule has 0 unspecified atom stereocenters. The van der Waals surface area contributed by atoms with Crippen molar-refractivity contribution in [3.05, 3.63) is 57.8 Å². The van der Waals surface area contributed by atoms with E-state index in [0.717, 1.165) is 18.1 Å². The van der Waals surface area contributed by atoms with E-state index in [4.69, 9.17) is 12.2 Å². The number of thiocarbonyl (C=S) groups is 1. The number of fused-ring (bicyclic) bond motifs is 1. The zero-order valence-corrected chi connectivity index (χ0v) is 13.4. The van der Waals surface area contributed by atoms with Crippen LogP contribution in [0.2, 0.25) is 0 Å². The van der Waals surface area contributed by atoms with Crippen LogP contribution in [0, 0.1) is 0 Å². The number of hydrogen-bond acceptors (Lipinski definition) is 2. The van der Waals surface area contributed by atoms with Gasteiger partial charge in [-0.1, -0.05) is 30.3 Å². The molecule has 1 aliphatic carbocycles. The Kier molecular flexibility index (Phi) is 3.43. The van der Waals surface area contributed by atoms with E-state index in [1.165, 1.54) is 28.8 Å². The van der Waals surface area contributed by atoms with E-state index in [1.54, 1.807) is 0 Å². The Hall–Kier alpha value is -1.39. The molecule has 108 valence electrons. The van der Waals surface area contributed by atoms with E-state index in [2.05, 4.69) is 52.0 Å². The number of rotatable bonds is 2. The Morgan fingerprint density at radius 3 is 2.76 bits per heavy atom. The first kappa shape index (κ1) is 13.3. The Morgan fingerprint density at radius 1 is 1.19 bits per heavy atom. The number of benzene rings is 1. The third-order valence-electron chi connectivity index (χ3n) is 4.25. The van der Waals surface area contributed by atoms with E-state index >= 15 is 0 Å². The molecular weight excluding hydrogens is 296 g/mol. The van der Waals surface area contributed by atoms with Crippen LogP contribution in [-0.4, -0.2) is 22.6 Å². The van der Waals surface area contributed by atoms with Gasteiger partial charge in [0.25, 0.3) is 0 Å². The summed E-state index contributed by atoms with van der Waals surface area (Å²) in [6.45, 7) is 1.01. The maximum absolute atomic E-state index is 5.69. The molecule has 0 bridgehead atoms. The summed E-state index contributed by atoms with van der Waals surface area (Å²) in [7, 11) is 0. The van der Waals surface area contributed by atoms with Crippen LogP contribution >= 0.6 is 23.6 Å². The molecular formula is C17H18N2S2. The van der Waals surface area contributed by atoms with E-state index in [9.17, 15) is 0 Å². The van der Waals surface area contributed by atoms with Crippen molar-refractivity contribution < 1.29 is 0 Å². The first-order chi connectivity index (χ1) is 10.3. The highest BCUT2D eigenvalue weighted by atomic mass is 32.1. The van der Waals surface area contributed by atoms with Gasteiger partial charge >= 0.3 is 0 Å². The largest absolute Gasteiger partial charge is 0.360 e. The number of thiophene rings is 1. The number of nitrogens with zero attached hydrogens (tertiary/aromatic N) is 1. The predicted molar refractivity (Wildman–Crippen MR) is 91.8 cm³/mol. The molecule has 21 heavy (non-hydrogen) atoms. The monoisotopic (exact) mass is 314 g/mol. The van der Waals surface area contributed by atoms with E-state index in [1.807, 2.05) is 11.3 Å². The second-order valence-electron chi connectivity index (χ2n) is 5.78. The van der Waals surface area contributed by atoms with Gasteiger partial charge in [-0.2, -0.15) is 0 Å². The molecule has 1 N–H and O–H groups in total. The zero-order chi connectivity index (χ0) is 14.2. The SMILES string of the molecule is S=C(NC1CC1)N1CCc2sccc2[C@@H]1c1ccccc1. The minimum absolute atomic E-state index is 0.264. The second-order valence-corrected chi connectivity index (χ2v) is 7.17. The van der Waals surface area contributed by atoms with Gasteiger partial charge < -0.3 is 10.2 Å². The quantitative estimate of drug-likeness (QED) is 0.850. The number of hydrogen-bond donors (Lipinski definition) is 1. The molecule has 0 amide bonds. The minimum Gasteiger partial charge on any atom is -0.360 e. The standard InChI is InChI=1S/C17H18N2S2/c20-17(18-13-6-7-13)19-10-8-15-14(9-11-21-15)16(19)12-4-2-1-3-5-12/h1-5,9,11,13,16H,6-8,10H2,(H,18,20)/t16-/m0/s1. The van der Waals surface area contributed by atoms with Crippen molar-refractivity contribution in [2.24, 2.45) is 0 Å². The highest BCUT2D eigenvalue weighted by Crippen LogP contribution is 2.38. The molecule has 1 atom stereocenters. The Morgan fingerprint density at radius 2 is 2.00 bits per heavy atom. The zero-order valence-electron chi connectivity index (χ0n) is 11.8. The van der Waals surface area contributed by atoms with Gasteiger partial charge in [0.1, 0.15) is 0 Å². The van der Waals surface area contributed by atoms with Crippen LogP contribution in [0.3, 0.4) is 0 Å². The van der Waals surface area contributed by atoms with Crippen molar-refractivity contribution in [2.75, 3.05) is 6.54 Å². The smallest absolute Gasteiger partial charge is 0.169 e.